The minimum atomic E-state index is -0.521. The van der Waals surface area contributed by atoms with Gasteiger partial charge in [0.05, 0.1) is 11.2 Å². The van der Waals surface area contributed by atoms with E-state index in [1.54, 1.807) is 11.3 Å². The monoisotopic (exact) mass is 1800 g/mol. The molecule has 1 aliphatic heterocycles. The third-order valence-electron chi connectivity index (χ3n) is 23.8. The van der Waals surface area contributed by atoms with Crippen molar-refractivity contribution in [3.8, 4) is 170 Å². The van der Waals surface area contributed by atoms with Gasteiger partial charge in [0.2, 0.25) is 0 Å². The molecule has 0 bridgehead atoms. The molecule has 132 heavy (non-hydrogen) atoms. The van der Waals surface area contributed by atoms with Crippen molar-refractivity contribution < 1.29 is 9.31 Å². The average Bonchev–Trinajstić information content (AvgIpc) is 1.57. The Bertz CT molecular complexity index is 7710. The second kappa shape index (κ2) is 36.5. The third kappa shape index (κ3) is 17.3. The maximum absolute atomic E-state index is 6.71. The van der Waals surface area contributed by atoms with E-state index in [-0.39, 0.29) is 0 Å². The van der Waals surface area contributed by atoms with Crippen LogP contribution in [0, 0.1) is 0 Å². The molecule has 7 heterocycles. The normalized spacial score (nSPS) is 12.6. The van der Waals surface area contributed by atoms with E-state index >= 15 is 0 Å². The maximum Gasteiger partial charge on any atom is 0.496 e. The van der Waals surface area contributed by atoms with Crippen LogP contribution in [-0.4, -0.2) is 78.1 Å². The first-order chi connectivity index (χ1) is 64.8. The van der Waals surface area contributed by atoms with E-state index in [0.717, 1.165) is 105 Å². The molecule has 630 valence electrons. The summed E-state index contributed by atoms with van der Waals surface area (Å²) in [6.45, 7) is 8.42. The van der Waals surface area contributed by atoms with Crippen LogP contribution in [0.1, 0.15) is 27.7 Å². The molecule has 0 unspecified atom stereocenters. The SMILES string of the molecule is Brc1ccc(-c2nc(-c3ccccc3)nc(-c3ccccc3)n2)cc1.CC1(C)OB(c2c(-c3cccc(-c4nc(-c5ccccc5)nc(-c5ccccc5)n4)c3)ccc3c2sc2ccccc23)OC1(C)C.c1ccc(-c2nc(-c3ccccc3)nc(-c3ccc(-c4c(-c5cccc(-c6nc(-c7ccccc7)nc(-c7ccccc7)n6)c5)ccc5c4sc4ccccc45)cc3)n2)cc1. The molecule has 1 saturated heterocycles. The van der Waals surface area contributed by atoms with Gasteiger partial charge in [-0.15, -0.1) is 22.7 Å². The number of hydrogen-bond acceptors (Lipinski definition) is 16. The van der Waals surface area contributed by atoms with E-state index in [0.29, 0.717) is 69.9 Å². The minimum Gasteiger partial charge on any atom is -0.399 e. The van der Waals surface area contributed by atoms with Gasteiger partial charge in [-0.05, 0) is 91.9 Å². The minimum absolute atomic E-state index is 0.470. The Kier molecular flexibility index (Phi) is 23.1. The molecule has 0 aliphatic carbocycles. The summed E-state index contributed by atoms with van der Waals surface area (Å²) in [6, 6.07) is 140. The summed E-state index contributed by atoms with van der Waals surface area (Å²) in [6.07, 6.45) is 0. The standard InChI is InChI=1S/C54H34N6S.C39H32BN3O2S.C21H14BrN3/c1-5-16-36(17-6-1)49-55-50(37-18-7-2-8-19-37)58-53(57-49)40-30-28-35(29-31-40)47-43(32-33-45-44-26-13-14-27-46(44)61-48(45)47)41-24-15-25-42(34-41)54-59-51(38-20-9-3-10-21-38)56-52(60-54)39-22-11-4-12-23-39;1-38(2)39(3,4)45-40(44-38)33-29(22-23-31-30-20-11-12-21-32(30)46-34(31)33)27-18-13-19-28(24-27)37-42-35(25-14-7-5-8-15-25)41-36(43-37)26-16-9-6-10-17-26;22-18-13-11-17(12-14-18)21-24-19(15-7-3-1-4-8-15)23-20(25-21)16-9-5-2-6-10-16/h1-34H;5-24H,1-4H3;1-14H. The maximum atomic E-state index is 6.71. The van der Waals surface area contributed by atoms with Gasteiger partial charge in [-0.1, -0.05) is 392 Å². The van der Waals surface area contributed by atoms with Crippen LogP contribution in [0.15, 0.2) is 417 Å². The fourth-order valence-electron chi connectivity index (χ4n) is 16.4. The molecule has 0 amide bonds. The van der Waals surface area contributed by atoms with Crippen molar-refractivity contribution in [1.82, 2.24) is 59.8 Å². The van der Waals surface area contributed by atoms with Crippen molar-refractivity contribution in [2.45, 2.75) is 38.9 Å². The number of benzene rings is 16. The van der Waals surface area contributed by atoms with Crippen molar-refractivity contribution in [3.05, 3.63) is 417 Å². The molecule has 0 N–H and O–H groups in total. The fraction of sp³-hybridized carbons (Fsp3) is 0.0526. The van der Waals surface area contributed by atoms with E-state index in [1.807, 2.05) is 278 Å². The summed E-state index contributed by atoms with van der Waals surface area (Å²) in [7, 11) is -0.521. The summed E-state index contributed by atoms with van der Waals surface area (Å²) in [5.74, 6) is 7.68. The Morgan fingerprint density at radius 2 is 0.447 bits per heavy atom. The largest absolute Gasteiger partial charge is 0.496 e. The highest BCUT2D eigenvalue weighted by molar-refractivity contribution is 9.10. The average molecular weight is 1800 g/mol. The lowest BCUT2D eigenvalue weighted by molar-refractivity contribution is 0.00578. The summed E-state index contributed by atoms with van der Waals surface area (Å²) in [5.41, 5.74) is 17.9. The summed E-state index contributed by atoms with van der Waals surface area (Å²) >= 11 is 7.08. The first-order valence-electron chi connectivity index (χ1n) is 43.6. The van der Waals surface area contributed by atoms with E-state index < -0.39 is 18.3 Å². The van der Waals surface area contributed by atoms with Gasteiger partial charge in [0.1, 0.15) is 0 Å². The van der Waals surface area contributed by atoms with Crippen molar-refractivity contribution in [1.29, 1.82) is 0 Å². The molecule has 6 aromatic heterocycles. The van der Waals surface area contributed by atoms with Crippen LogP contribution in [-0.2, 0) is 9.31 Å². The quantitative estimate of drug-likeness (QED) is 0.0836. The topological polar surface area (TPSA) is 173 Å². The van der Waals surface area contributed by atoms with Crippen LogP contribution in [0.3, 0.4) is 0 Å². The molecule has 0 saturated carbocycles. The van der Waals surface area contributed by atoms with E-state index in [9.17, 15) is 0 Å². The zero-order valence-corrected chi connectivity index (χ0v) is 75.4. The zero-order valence-electron chi connectivity index (χ0n) is 72.2. The Balaban J connectivity index is 0.000000130. The molecule has 16 aromatic carbocycles. The van der Waals surface area contributed by atoms with Gasteiger partial charge in [-0.2, -0.15) is 0 Å². The highest BCUT2D eigenvalue weighted by atomic mass is 79.9. The molecule has 14 nitrogen and oxygen atoms in total. The van der Waals surface area contributed by atoms with Gasteiger partial charge in [-0.25, -0.2) is 59.8 Å². The predicted molar refractivity (Wildman–Crippen MR) is 544 cm³/mol. The lowest BCUT2D eigenvalue weighted by Crippen LogP contribution is -2.41. The Labute approximate surface area is 780 Å². The highest BCUT2D eigenvalue weighted by Gasteiger charge is 2.53. The first kappa shape index (κ1) is 83.4. The number of halogens is 1. The summed E-state index contributed by atoms with van der Waals surface area (Å²) < 4.78 is 19.4. The van der Waals surface area contributed by atoms with Gasteiger partial charge >= 0.3 is 7.12 Å². The highest BCUT2D eigenvalue weighted by Crippen LogP contribution is 2.48. The smallest absolute Gasteiger partial charge is 0.399 e. The van der Waals surface area contributed by atoms with Gasteiger partial charge in [0.15, 0.2) is 69.9 Å². The number of rotatable bonds is 16. The van der Waals surface area contributed by atoms with Crippen molar-refractivity contribution >= 4 is 91.5 Å². The molecule has 18 heteroatoms. The van der Waals surface area contributed by atoms with Gasteiger partial charge < -0.3 is 9.31 Å². The lowest BCUT2D eigenvalue weighted by atomic mass is 9.73. The second-order valence-electron chi connectivity index (χ2n) is 33.0. The number of nitrogens with zero attached hydrogens (tertiary/aromatic N) is 12. The van der Waals surface area contributed by atoms with Crippen LogP contribution in [0.4, 0.5) is 0 Å². The van der Waals surface area contributed by atoms with E-state index in [4.69, 9.17) is 64.1 Å². The van der Waals surface area contributed by atoms with Crippen LogP contribution in [0.5, 0.6) is 0 Å². The zero-order chi connectivity index (χ0) is 89.1. The molecule has 1 fully saturated rings. The number of aromatic nitrogens is 12. The van der Waals surface area contributed by atoms with Crippen molar-refractivity contribution in [2.75, 3.05) is 0 Å². The molecule has 0 radical (unpaired) electrons. The Morgan fingerprint density at radius 1 is 0.212 bits per heavy atom. The fourth-order valence-corrected chi connectivity index (χ4v) is 19.2. The van der Waals surface area contributed by atoms with Crippen molar-refractivity contribution in [2.24, 2.45) is 0 Å². The van der Waals surface area contributed by atoms with E-state index in [1.165, 1.54) is 45.9 Å². The molecule has 1 aliphatic rings. The molecular formula is C114H80BBrN12O2S2. The van der Waals surface area contributed by atoms with E-state index in [2.05, 4.69) is 194 Å². The number of thiophene rings is 2. The van der Waals surface area contributed by atoms with Crippen LogP contribution >= 0.6 is 38.6 Å². The van der Waals surface area contributed by atoms with Crippen LogP contribution in [0.2, 0.25) is 0 Å². The third-order valence-corrected chi connectivity index (χ3v) is 26.8. The second-order valence-corrected chi connectivity index (χ2v) is 36.0. The molecule has 0 atom stereocenters. The molecule has 0 spiro atoms. The molecular weight excluding hydrogens is 1720 g/mol. The Morgan fingerprint density at radius 3 is 0.773 bits per heavy atom. The van der Waals surface area contributed by atoms with Crippen LogP contribution in [0.25, 0.3) is 210 Å². The Hall–Kier alpha value is -15.5. The van der Waals surface area contributed by atoms with Gasteiger partial charge in [-0.3, -0.25) is 0 Å². The molecule has 22 aromatic rings. The first-order valence-corrected chi connectivity index (χ1v) is 46.0. The summed E-state index contributed by atoms with van der Waals surface area (Å²) in [5, 5.41) is 4.93. The molecule has 23 rings (SSSR count). The van der Waals surface area contributed by atoms with Crippen LogP contribution < -0.4 is 5.46 Å². The predicted octanol–water partition coefficient (Wildman–Crippen LogP) is 28.6. The van der Waals surface area contributed by atoms with Gasteiger partial charge in [0, 0.05) is 123 Å². The van der Waals surface area contributed by atoms with Gasteiger partial charge in [0.25, 0.3) is 0 Å². The lowest BCUT2D eigenvalue weighted by Gasteiger charge is -2.32. The summed E-state index contributed by atoms with van der Waals surface area (Å²) in [4.78, 5) is 58.8. The van der Waals surface area contributed by atoms with Crippen molar-refractivity contribution in [3.63, 3.8) is 0 Å². The number of fused-ring (bicyclic) bond motifs is 6. The number of hydrogen-bond donors (Lipinski definition) is 0.